The topological polar surface area (TPSA) is 77.8 Å². The Morgan fingerprint density at radius 3 is 2.27 bits per heavy atom. The van der Waals surface area contributed by atoms with E-state index >= 15 is 0 Å². The maximum Gasteiger partial charge on any atom is 0.374 e. The van der Waals surface area contributed by atoms with E-state index in [1.165, 1.54) is 12.1 Å². The number of para-hydroxylation sites is 1. The summed E-state index contributed by atoms with van der Waals surface area (Å²) >= 11 is 23.9. The van der Waals surface area contributed by atoms with Crippen molar-refractivity contribution in [2.45, 2.75) is 6.61 Å². The first-order chi connectivity index (χ1) is 14.3. The van der Waals surface area contributed by atoms with Crippen LogP contribution in [0.15, 0.2) is 52.9 Å². The number of rotatable bonds is 7. The number of benzene rings is 2. The van der Waals surface area contributed by atoms with Crippen molar-refractivity contribution in [1.29, 1.82) is 0 Å². The molecule has 1 N–H and O–H groups in total. The van der Waals surface area contributed by atoms with Crippen LogP contribution in [-0.4, -0.2) is 18.5 Å². The summed E-state index contributed by atoms with van der Waals surface area (Å²) in [7, 11) is 0. The van der Waals surface area contributed by atoms with Gasteiger partial charge in [-0.05, 0) is 30.3 Å². The van der Waals surface area contributed by atoms with E-state index in [1.807, 2.05) is 18.2 Å². The maximum absolute atomic E-state index is 12.1. The molecule has 0 aliphatic carbocycles. The monoisotopic (exact) mass is 487 g/mol. The van der Waals surface area contributed by atoms with Crippen molar-refractivity contribution in [3.63, 3.8) is 0 Å². The zero-order valence-electron chi connectivity index (χ0n) is 15.1. The Morgan fingerprint density at radius 2 is 1.60 bits per heavy atom. The second kappa shape index (κ2) is 10.1. The second-order valence-corrected chi connectivity index (χ2v) is 7.41. The van der Waals surface area contributed by atoms with Crippen LogP contribution in [-0.2, 0) is 16.1 Å². The fourth-order valence-corrected chi connectivity index (χ4v) is 3.20. The minimum atomic E-state index is -0.822. The molecular formula is C20H13Cl4NO5. The van der Waals surface area contributed by atoms with Crippen LogP contribution < -0.4 is 10.1 Å². The molecule has 2 aromatic carbocycles. The molecule has 0 radical (unpaired) electrons. The molecule has 1 amide bonds. The highest BCUT2D eigenvalue weighted by molar-refractivity contribution is 6.50. The van der Waals surface area contributed by atoms with Gasteiger partial charge in [-0.2, -0.15) is 0 Å². The van der Waals surface area contributed by atoms with E-state index in [4.69, 9.17) is 60.3 Å². The van der Waals surface area contributed by atoms with Gasteiger partial charge in [-0.1, -0.05) is 64.6 Å². The molecule has 0 saturated heterocycles. The Hall–Kier alpha value is -2.38. The van der Waals surface area contributed by atoms with Gasteiger partial charge in [0.05, 0.1) is 25.8 Å². The van der Waals surface area contributed by atoms with Gasteiger partial charge in [0.25, 0.3) is 5.91 Å². The van der Waals surface area contributed by atoms with Gasteiger partial charge in [-0.15, -0.1) is 0 Å². The Labute approximate surface area is 191 Å². The van der Waals surface area contributed by atoms with Gasteiger partial charge in [-0.3, -0.25) is 4.79 Å². The maximum atomic E-state index is 12.1. The molecule has 156 valence electrons. The molecule has 0 atom stereocenters. The molecule has 3 aromatic rings. The highest BCUT2D eigenvalue weighted by Crippen LogP contribution is 2.40. The Kier molecular flexibility index (Phi) is 7.50. The van der Waals surface area contributed by atoms with Crippen LogP contribution in [0.2, 0.25) is 20.1 Å². The van der Waals surface area contributed by atoms with Gasteiger partial charge < -0.3 is 19.2 Å². The number of anilines is 1. The molecule has 0 saturated carbocycles. The number of carbonyl (C=O) groups excluding carboxylic acids is 2. The van der Waals surface area contributed by atoms with Crippen molar-refractivity contribution in [3.05, 3.63) is 80.1 Å². The zero-order valence-corrected chi connectivity index (χ0v) is 18.1. The Morgan fingerprint density at radius 1 is 0.933 bits per heavy atom. The lowest BCUT2D eigenvalue weighted by Crippen LogP contribution is -2.21. The second-order valence-electron chi connectivity index (χ2n) is 5.84. The van der Waals surface area contributed by atoms with Crippen LogP contribution in [0.3, 0.4) is 0 Å². The van der Waals surface area contributed by atoms with Gasteiger partial charge in [0.15, 0.2) is 6.61 Å². The van der Waals surface area contributed by atoms with Crippen molar-refractivity contribution < 1.29 is 23.5 Å². The molecule has 10 heteroatoms. The SMILES string of the molecule is O=C(COC(=O)c1ccc(COc2ccccc2)o1)Nc1c(Cl)c(Cl)cc(Cl)c1Cl. The first-order valence-corrected chi connectivity index (χ1v) is 9.93. The van der Waals surface area contributed by atoms with Gasteiger partial charge in [0, 0.05) is 0 Å². The molecule has 3 rings (SSSR count). The highest BCUT2D eigenvalue weighted by Gasteiger charge is 2.19. The van der Waals surface area contributed by atoms with E-state index in [0.29, 0.717) is 11.5 Å². The lowest BCUT2D eigenvalue weighted by atomic mass is 10.3. The molecule has 1 heterocycles. The van der Waals surface area contributed by atoms with E-state index in [0.717, 1.165) is 0 Å². The standard InChI is InChI=1S/C20H13Cl4NO5/c21-13-8-14(22)18(24)19(17(13)23)25-16(26)10-29-20(27)15-7-6-12(30-15)9-28-11-4-2-1-3-5-11/h1-8H,9-10H2,(H,25,26). The van der Waals surface area contributed by atoms with Crippen molar-refractivity contribution in [2.24, 2.45) is 0 Å². The van der Waals surface area contributed by atoms with Gasteiger partial charge in [0.2, 0.25) is 5.76 Å². The third-order valence-corrected chi connectivity index (χ3v) is 5.27. The number of amides is 1. The molecule has 0 aliphatic rings. The van der Waals surface area contributed by atoms with E-state index in [2.05, 4.69) is 5.32 Å². The molecule has 30 heavy (non-hydrogen) atoms. The molecule has 6 nitrogen and oxygen atoms in total. The van der Waals surface area contributed by atoms with E-state index in [-0.39, 0.29) is 38.1 Å². The van der Waals surface area contributed by atoms with E-state index < -0.39 is 18.5 Å². The van der Waals surface area contributed by atoms with Crippen LogP contribution >= 0.6 is 46.4 Å². The van der Waals surface area contributed by atoms with Gasteiger partial charge >= 0.3 is 5.97 Å². The first-order valence-electron chi connectivity index (χ1n) is 8.41. The number of ether oxygens (including phenoxy) is 2. The van der Waals surface area contributed by atoms with Crippen LogP contribution in [0.4, 0.5) is 5.69 Å². The normalized spacial score (nSPS) is 10.5. The number of furan rings is 1. The average Bonchev–Trinajstić information content (AvgIpc) is 3.22. The molecule has 0 bridgehead atoms. The fraction of sp³-hybridized carbons (Fsp3) is 0.100. The van der Waals surface area contributed by atoms with Crippen LogP contribution in [0.5, 0.6) is 5.75 Å². The largest absolute Gasteiger partial charge is 0.486 e. The summed E-state index contributed by atoms with van der Waals surface area (Å²) in [6, 6.07) is 13.5. The Bertz CT molecular complexity index is 1040. The van der Waals surface area contributed by atoms with Crippen LogP contribution in [0, 0.1) is 0 Å². The molecular weight excluding hydrogens is 476 g/mol. The smallest absolute Gasteiger partial charge is 0.374 e. The molecule has 0 fully saturated rings. The number of carbonyl (C=O) groups is 2. The zero-order chi connectivity index (χ0) is 21.7. The van der Waals surface area contributed by atoms with Crippen LogP contribution in [0.1, 0.15) is 16.3 Å². The number of nitrogens with one attached hydrogen (secondary N) is 1. The lowest BCUT2D eigenvalue weighted by Gasteiger charge is -2.11. The predicted octanol–water partition coefficient (Wildman–Crippen LogP) is 6.27. The molecule has 0 spiro atoms. The summed E-state index contributed by atoms with van der Waals surface area (Å²) in [5.74, 6) is -0.506. The summed E-state index contributed by atoms with van der Waals surface area (Å²) < 4.78 is 15.9. The number of hydrogen-bond acceptors (Lipinski definition) is 5. The lowest BCUT2D eigenvalue weighted by molar-refractivity contribution is -0.119. The number of esters is 1. The summed E-state index contributed by atoms with van der Waals surface area (Å²) in [5, 5.41) is 2.66. The Balaban J connectivity index is 1.53. The van der Waals surface area contributed by atoms with Gasteiger partial charge in [-0.25, -0.2) is 4.79 Å². The fourth-order valence-electron chi connectivity index (χ4n) is 2.30. The number of hydrogen-bond donors (Lipinski definition) is 1. The summed E-state index contributed by atoms with van der Waals surface area (Å²) in [5.41, 5.74) is 0.0234. The van der Waals surface area contributed by atoms with Crippen molar-refractivity contribution in [1.82, 2.24) is 0 Å². The molecule has 0 unspecified atom stereocenters. The average molecular weight is 489 g/mol. The minimum absolute atomic E-state index is 0.0137. The van der Waals surface area contributed by atoms with Crippen LogP contribution in [0.25, 0.3) is 0 Å². The van der Waals surface area contributed by atoms with Crippen molar-refractivity contribution in [3.8, 4) is 5.75 Å². The first kappa shape index (κ1) is 22.3. The third kappa shape index (κ3) is 5.61. The third-order valence-electron chi connectivity index (χ3n) is 3.70. The summed E-state index contributed by atoms with van der Waals surface area (Å²) in [6.45, 7) is -0.476. The predicted molar refractivity (Wildman–Crippen MR) is 115 cm³/mol. The van der Waals surface area contributed by atoms with Crippen molar-refractivity contribution >= 4 is 64.0 Å². The van der Waals surface area contributed by atoms with E-state index in [1.54, 1.807) is 18.2 Å². The summed E-state index contributed by atoms with van der Waals surface area (Å²) in [6.07, 6.45) is 0. The quantitative estimate of drug-likeness (QED) is 0.313. The number of halogens is 4. The van der Waals surface area contributed by atoms with Crippen molar-refractivity contribution in [2.75, 3.05) is 11.9 Å². The molecule has 0 aliphatic heterocycles. The minimum Gasteiger partial charge on any atom is -0.486 e. The van der Waals surface area contributed by atoms with E-state index in [9.17, 15) is 9.59 Å². The highest BCUT2D eigenvalue weighted by atomic mass is 35.5. The summed E-state index contributed by atoms with van der Waals surface area (Å²) in [4.78, 5) is 24.2. The molecule has 1 aromatic heterocycles. The van der Waals surface area contributed by atoms with Gasteiger partial charge in [0.1, 0.15) is 18.1 Å².